The third-order valence-corrected chi connectivity index (χ3v) is 3.84. The van der Waals surface area contributed by atoms with Crippen LogP contribution in [0.15, 0.2) is 12.1 Å². The molecule has 1 saturated heterocycles. The van der Waals surface area contributed by atoms with Crippen molar-refractivity contribution in [2.45, 2.75) is 33.4 Å². The molecule has 104 valence electrons. The molecule has 0 radical (unpaired) electrons. The second kappa shape index (κ2) is 6.17. The third-order valence-electron chi connectivity index (χ3n) is 3.84. The molecule has 2 N–H and O–H groups in total. The van der Waals surface area contributed by atoms with E-state index in [2.05, 4.69) is 43.5 Å². The third kappa shape index (κ3) is 3.33. The number of nitrogens with one attached hydrogen (secondary N) is 2. The van der Waals surface area contributed by atoms with Gasteiger partial charge in [-0.3, -0.25) is 4.79 Å². The van der Waals surface area contributed by atoms with Gasteiger partial charge >= 0.3 is 0 Å². The van der Waals surface area contributed by atoms with Gasteiger partial charge in [-0.2, -0.15) is 0 Å². The lowest BCUT2D eigenvalue weighted by Crippen LogP contribution is -2.47. The number of benzene rings is 1. The van der Waals surface area contributed by atoms with E-state index in [9.17, 15) is 4.79 Å². The molecule has 1 amide bonds. The van der Waals surface area contributed by atoms with Crippen LogP contribution in [0.3, 0.4) is 0 Å². The number of rotatable bonds is 3. The first-order valence-electron chi connectivity index (χ1n) is 6.75. The second-order valence-corrected chi connectivity index (χ2v) is 5.07. The van der Waals surface area contributed by atoms with E-state index in [1.165, 1.54) is 22.3 Å². The summed E-state index contributed by atoms with van der Waals surface area (Å²) < 4.78 is 5.43. The predicted octanol–water partition coefficient (Wildman–Crippen LogP) is 1.22. The Labute approximate surface area is 114 Å². The fourth-order valence-corrected chi connectivity index (χ4v) is 2.23. The average molecular weight is 262 g/mol. The number of morpholine rings is 1. The van der Waals surface area contributed by atoms with Crippen LogP contribution >= 0.6 is 0 Å². The van der Waals surface area contributed by atoms with Crippen LogP contribution in [0, 0.1) is 20.8 Å². The molecular weight excluding hydrogens is 240 g/mol. The quantitative estimate of drug-likeness (QED) is 0.861. The van der Waals surface area contributed by atoms with Gasteiger partial charge in [0.1, 0.15) is 6.10 Å². The summed E-state index contributed by atoms with van der Waals surface area (Å²) in [5.74, 6) is -0.0372. The Hall–Kier alpha value is -1.39. The summed E-state index contributed by atoms with van der Waals surface area (Å²) in [6.07, 6.45) is -0.361. The molecule has 0 saturated carbocycles. The lowest BCUT2D eigenvalue weighted by Gasteiger charge is -2.23. The summed E-state index contributed by atoms with van der Waals surface area (Å²) in [7, 11) is 0. The normalized spacial score (nSPS) is 19.2. The molecule has 4 nitrogen and oxygen atoms in total. The minimum absolute atomic E-state index is 0.0372. The number of aryl methyl sites for hydroxylation is 1. The van der Waals surface area contributed by atoms with Crippen LogP contribution in [-0.2, 0) is 16.1 Å². The molecule has 0 aliphatic carbocycles. The average Bonchev–Trinajstić information content (AvgIpc) is 2.45. The van der Waals surface area contributed by atoms with Crippen molar-refractivity contribution in [3.63, 3.8) is 0 Å². The summed E-state index contributed by atoms with van der Waals surface area (Å²) in [6, 6.07) is 4.18. The predicted molar refractivity (Wildman–Crippen MR) is 75.1 cm³/mol. The first-order chi connectivity index (χ1) is 9.09. The Bertz CT molecular complexity index is 465. The Morgan fingerprint density at radius 2 is 2.16 bits per heavy atom. The zero-order valence-electron chi connectivity index (χ0n) is 11.9. The number of ether oxygens (including phenoxy) is 1. The second-order valence-electron chi connectivity index (χ2n) is 5.07. The number of carbonyl (C=O) groups is 1. The molecule has 1 fully saturated rings. The number of amides is 1. The fraction of sp³-hybridized carbons (Fsp3) is 0.533. The van der Waals surface area contributed by atoms with Crippen molar-refractivity contribution < 1.29 is 9.53 Å². The molecular formula is C15H22N2O2. The summed E-state index contributed by atoms with van der Waals surface area (Å²) in [6.45, 7) is 8.89. The number of hydrogen-bond donors (Lipinski definition) is 2. The van der Waals surface area contributed by atoms with E-state index in [0.29, 0.717) is 19.7 Å². The van der Waals surface area contributed by atoms with E-state index < -0.39 is 0 Å². The highest BCUT2D eigenvalue weighted by Gasteiger charge is 2.21. The van der Waals surface area contributed by atoms with Gasteiger partial charge in [-0.25, -0.2) is 0 Å². The molecule has 1 aromatic rings. The van der Waals surface area contributed by atoms with Gasteiger partial charge in [0.05, 0.1) is 6.61 Å². The first-order valence-corrected chi connectivity index (χ1v) is 6.75. The van der Waals surface area contributed by atoms with Crippen molar-refractivity contribution in [1.82, 2.24) is 10.6 Å². The van der Waals surface area contributed by atoms with E-state index in [0.717, 1.165) is 6.54 Å². The molecule has 0 bridgehead atoms. The SMILES string of the molecule is Cc1ccc(CNC(=O)C2CNCCO2)c(C)c1C. The largest absolute Gasteiger partial charge is 0.366 e. The zero-order valence-corrected chi connectivity index (χ0v) is 11.9. The van der Waals surface area contributed by atoms with Crippen LogP contribution in [0.1, 0.15) is 22.3 Å². The maximum Gasteiger partial charge on any atom is 0.250 e. The van der Waals surface area contributed by atoms with Gasteiger partial charge in [-0.15, -0.1) is 0 Å². The Morgan fingerprint density at radius 1 is 1.37 bits per heavy atom. The molecule has 1 heterocycles. The van der Waals surface area contributed by atoms with Crippen LogP contribution < -0.4 is 10.6 Å². The maximum absolute atomic E-state index is 12.0. The highest BCUT2D eigenvalue weighted by atomic mass is 16.5. The van der Waals surface area contributed by atoms with E-state index in [1.54, 1.807) is 0 Å². The Balaban J connectivity index is 1.95. The van der Waals surface area contributed by atoms with Gasteiger partial charge in [0, 0.05) is 19.6 Å². The highest BCUT2D eigenvalue weighted by molar-refractivity contribution is 5.81. The summed E-state index contributed by atoms with van der Waals surface area (Å²) >= 11 is 0. The van der Waals surface area contributed by atoms with E-state index in [-0.39, 0.29) is 12.0 Å². The number of carbonyl (C=O) groups excluding carboxylic acids is 1. The minimum atomic E-state index is -0.361. The molecule has 1 aliphatic heterocycles. The highest BCUT2D eigenvalue weighted by Crippen LogP contribution is 2.16. The molecule has 1 aromatic carbocycles. The molecule has 0 spiro atoms. The summed E-state index contributed by atoms with van der Waals surface area (Å²) in [5, 5.41) is 6.11. The van der Waals surface area contributed by atoms with Gasteiger partial charge in [0.15, 0.2) is 0 Å². The van der Waals surface area contributed by atoms with Crippen molar-refractivity contribution in [3.8, 4) is 0 Å². The zero-order chi connectivity index (χ0) is 13.8. The first kappa shape index (κ1) is 14.0. The van der Waals surface area contributed by atoms with Crippen LogP contribution in [0.2, 0.25) is 0 Å². The molecule has 2 rings (SSSR count). The van der Waals surface area contributed by atoms with Crippen molar-refractivity contribution in [3.05, 3.63) is 34.4 Å². The Morgan fingerprint density at radius 3 is 2.84 bits per heavy atom. The van der Waals surface area contributed by atoms with Gasteiger partial charge < -0.3 is 15.4 Å². The molecule has 4 heteroatoms. The van der Waals surface area contributed by atoms with Crippen LogP contribution in [0.5, 0.6) is 0 Å². The fourth-order valence-electron chi connectivity index (χ4n) is 2.23. The lowest BCUT2D eigenvalue weighted by molar-refractivity contribution is -0.134. The maximum atomic E-state index is 12.0. The number of hydrogen-bond acceptors (Lipinski definition) is 3. The van der Waals surface area contributed by atoms with Crippen molar-refractivity contribution in [2.75, 3.05) is 19.7 Å². The van der Waals surface area contributed by atoms with E-state index >= 15 is 0 Å². The summed E-state index contributed by atoms with van der Waals surface area (Å²) in [5.41, 5.74) is 5.00. The smallest absolute Gasteiger partial charge is 0.250 e. The molecule has 0 aromatic heterocycles. The van der Waals surface area contributed by atoms with Crippen molar-refractivity contribution >= 4 is 5.91 Å². The topological polar surface area (TPSA) is 50.4 Å². The van der Waals surface area contributed by atoms with E-state index in [4.69, 9.17) is 4.74 Å². The molecule has 19 heavy (non-hydrogen) atoms. The van der Waals surface area contributed by atoms with Gasteiger partial charge in [-0.05, 0) is 43.0 Å². The van der Waals surface area contributed by atoms with Crippen molar-refractivity contribution in [1.29, 1.82) is 0 Å². The van der Waals surface area contributed by atoms with Crippen molar-refractivity contribution in [2.24, 2.45) is 0 Å². The van der Waals surface area contributed by atoms with Gasteiger partial charge in [0.2, 0.25) is 0 Å². The molecule has 1 atom stereocenters. The molecule has 1 unspecified atom stereocenters. The van der Waals surface area contributed by atoms with Gasteiger partial charge in [0.25, 0.3) is 5.91 Å². The lowest BCUT2D eigenvalue weighted by atomic mass is 9.99. The standard InChI is InChI=1S/C15H22N2O2/c1-10-4-5-13(12(3)11(10)2)8-17-15(18)14-9-16-6-7-19-14/h4-5,14,16H,6-9H2,1-3H3,(H,17,18). The van der Waals surface area contributed by atoms with Gasteiger partial charge in [-0.1, -0.05) is 12.1 Å². The van der Waals surface area contributed by atoms with Crippen LogP contribution in [0.4, 0.5) is 0 Å². The Kier molecular flexibility index (Phi) is 4.56. The summed E-state index contributed by atoms with van der Waals surface area (Å²) in [4.78, 5) is 12.0. The van der Waals surface area contributed by atoms with Crippen LogP contribution in [-0.4, -0.2) is 31.7 Å². The van der Waals surface area contributed by atoms with Crippen LogP contribution in [0.25, 0.3) is 0 Å². The minimum Gasteiger partial charge on any atom is -0.366 e. The van der Waals surface area contributed by atoms with E-state index in [1.807, 2.05) is 0 Å². The monoisotopic (exact) mass is 262 g/mol. The molecule has 1 aliphatic rings.